The van der Waals surface area contributed by atoms with E-state index >= 15 is 0 Å². The number of ether oxygens (including phenoxy) is 3. The summed E-state index contributed by atoms with van der Waals surface area (Å²) >= 11 is 0. The van der Waals surface area contributed by atoms with Crippen LogP contribution in [0.4, 0.5) is 0 Å². The van der Waals surface area contributed by atoms with Crippen molar-refractivity contribution in [2.24, 2.45) is 0 Å². The Balaban J connectivity index is 4.30. The number of carbonyl (C=O) groups excluding carboxylic acids is 3. The maximum absolute atomic E-state index is 12.9. The van der Waals surface area contributed by atoms with Gasteiger partial charge in [0.1, 0.15) is 13.2 Å². The van der Waals surface area contributed by atoms with Gasteiger partial charge in [-0.1, -0.05) is 309 Å². The molecular formula is C76H126O6. The lowest BCUT2D eigenvalue weighted by molar-refractivity contribution is -0.167. The van der Waals surface area contributed by atoms with E-state index in [1.165, 1.54) is 128 Å². The lowest BCUT2D eigenvalue weighted by Crippen LogP contribution is -2.30. The first kappa shape index (κ1) is 77.5. The summed E-state index contributed by atoms with van der Waals surface area (Å²) in [6.07, 6.45) is 97.5. The predicted octanol–water partition coefficient (Wildman–Crippen LogP) is 23.7. The standard InChI is InChI=1S/C76H126O6/c1-4-7-10-13-16-19-22-25-27-29-31-33-34-35-36-37-38-39-40-41-42-44-45-47-49-51-54-57-60-63-66-69-75(78)81-72-73(71-80-74(77)68-65-62-59-56-53-24-21-18-15-12-9-6-3)82-76(79)70-67-64-61-58-55-52-50-48-46-43-32-30-28-26-23-20-17-14-11-8-5-2/h7-8,10-11,16-17,19-20,25-28,31-33,35-36,38-39,41-43,73H,4-6,9,12-15,18,21-24,29-30,34,37,40,44-72H2,1-3H3/b10-7-,11-8-,19-16-,20-17-,27-25-,28-26-,33-31-,36-35-,39-38-,42-41-,43-32-. The molecular weight excluding hydrogens is 1010 g/mol. The third-order valence-electron chi connectivity index (χ3n) is 14.4. The normalized spacial score (nSPS) is 13.0. The molecule has 1 unspecified atom stereocenters. The highest BCUT2D eigenvalue weighted by molar-refractivity contribution is 5.71. The van der Waals surface area contributed by atoms with Crippen molar-refractivity contribution < 1.29 is 28.6 Å². The van der Waals surface area contributed by atoms with Crippen molar-refractivity contribution in [1.29, 1.82) is 0 Å². The zero-order chi connectivity index (χ0) is 59.2. The van der Waals surface area contributed by atoms with Crippen LogP contribution in [0.5, 0.6) is 0 Å². The van der Waals surface area contributed by atoms with E-state index in [1.807, 2.05) is 0 Å². The van der Waals surface area contributed by atoms with E-state index in [1.54, 1.807) is 0 Å². The molecule has 0 aliphatic heterocycles. The van der Waals surface area contributed by atoms with Crippen molar-refractivity contribution in [2.75, 3.05) is 13.2 Å². The molecule has 0 bridgehead atoms. The predicted molar refractivity (Wildman–Crippen MR) is 357 cm³/mol. The minimum Gasteiger partial charge on any atom is -0.462 e. The van der Waals surface area contributed by atoms with Gasteiger partial charge >= 0.3 is 17.9 Å². The summed E-state index contributed by atoms with van der Waals surface area (Å²) in [6.45, 7) is 6.42. The van der Waals surface area contributed by atoms with Gasteiger partial charge in [-0.15, -0.1) is 0 Å². The van der Waals surface area contributed by atoms with Crippen LogP contribution >= 0.6 is 0 Å². The first-order valence-electron chi connectivity index (χ1n) is 34.2. The molecule has 0 aromatic rings. The molecule has 82 heavy (non-hydrogen) atoms. The number of allylic oxidation sites excluding steroid dienone is 22. The molecule has 0 fully saturated rings. The lowest BCUT2D eigenvalue weighted by Gasteiger charge is -2.18. The molecule has 0 aromatic carbocycles. The summed E-state index contributed by atoms with van der Waals surface area (Å²) in [7, 11) is 0. The van der Waals surface area contributed by atoms with E-state index < -0.39 is 6.10 Å². The molecule has 0 amide bonds. The molecule has 6 nitrogen and oxygen atoms in total. The Morgan fingerprint density at radius 1 is 0.256 bits per heavy atom. The number of unbranched alkanes of at least 4 members (excludes halogenated alkanes) is 28. The van der Waals surface area contributed by atoms with Crippen LogP contribution in [0.1, 0.15) is 310 Å². The van der Waals surface area contributed by atoms with Gasteiger partial charge in [-0.3, -0.25) is 14.4 Å². The van der Waals surface area contributed by atoms with Crippen molar-refractivity contribution in [3.05, 3.63) is 134 Å². The van der Waals surface area contributed by atoms with Gasteiger partial charge in [0.2, 0.25) is 0 Å². The number of hydrogen-bond donors (Lipinski definition) is 0. The fourth-order valence-corrected chi connectivity index (χ4v) is 9.36. The highest BCUT2D eigenvalue weighted by atomic mass is 16.6. The monoisotopic (exact) mass is 1130 g/mol. The van der Waals surface area contributed by atoms with Crippen LogP contribution < -0.4 is 0 Å². The molecule has 0 rings (SSSR count). The van der Waals surface area contributed by atoms with Crippen molar-refractivity contribution in [2.45, 2.75) is 316 Å². The van der Waals surface area contributed by atoms with Crippen LogP contribution in [0, 0.1) is 0 Å². The summed E-state index contributed by atoms with van der Waals surface area (Å²) in [4.78, 5) is 38.4. The van der Waals surface area contributed by atoms with Gasteiger partial charge < -0.3 is 14.2 Å². The van der Waals surface area contributed by atoms with Crippen molar-refractivity contribution in [3.63, 3.8) is 0 Å². The maximum atomic E-state index is 12.9. The molecule has 0 spiro atoms. The molecule has 0 aromatic heterocycles. The Morgan fingerprint density at radius 3 is 0.744 bits per heavy atom. The molecule has 0 heterocycles. The molecule has 0 radical (unpaired) electrons. The van der Waals surface area contributed by atoms with E-state index in [9.17, 15) is 14.4 Å². The van der Waals surface area contributed by atoms with Crippen LogP contribution in [0.25, 0.3) is 0 Å². The van der Waals surface area contributed by atoms with Gasteiger partial charge in [0, 0.05) is 19.3 Å². The van der Waals surface area contributed by atoms with Gasteiger partial charge in [-0.05, 0) is 116 Å². The molecule has 0 saturated heterocycles. The Kier molecular flexibility index (Phi) is 65.3. The Labute approximate surface area is 506 Å². The van der Waals surface area contributed by atoms with E-state index in [-0.39, 0.29) is 31.1 Å². The van der Waals surface area contributed by atoms with Gasteiger partial charge in [0.15, 0.2) is 6.10 Å². The zero-order valence-electron chi connectivity index (χ0n) is 53.5. The van der Waals surface area contributed by atoms with E-state index in [4.69, 9.17) is 14.2 Å². The Bertz CT molecular complexity index is 1730. The molecule has 0 aliphatic rings. The highest BCUT2D eigenvalue weighted by Gasteiger charge is 2.19. The number of carbonyl (C=O) groups is 3. The number of rotatable bonds is 61. The summed E-state index contributed by atoms with van der Waals surface area (Å²) < 4.78 is 16.9. The number of hydrogen-bond acceptors (Lipinski definition) is 6. The minimum absolute atomic E-state index is 0.0832. The van der Waals surface area contributed by atoms with Gasteiger partial charge in [0.05, 0.1) is 0 Å². The van der Waals surface area contributed by atoms with Crippen molar-refractivity contribution >= 4 is 17.9 Å². The first-order valence-corrected chi connectivity index (χ1v) is 34.2. The Morgan fingerprint density at radius 2 is 0.476 bits per heavy atom. The molecule has 0 aliphatic carbocycles. The summed E-state index contributed by atoms with van der Waals surface area (Å²) in [6, 6.07) is 0. The average Bonchev–Trinajstić information content (AvgIpc) is 3.47. The summed E-state index contributed by atoms with van der Waals surface area (Å²) in [5, 5.41) is 0. The SMILES string of the molecule is CC/C=C\C/C=C\C/C=C\C/C=C\C/C=C\C/C=C\C/C=C\CCCCCCCCCCCC(=O)OCC(COC(=O)CCCCCCCCCCCCCC)OC(=O)CCCCCCCCCC/C=C\C/C=C\C/C=C\C/C=C\CC. The highest BCUT2D eigenvalue weighted by Crippen LogP contribution is 2.16. The quantitative estimate of drug-likeness (QED) is 0.0261. The first-order chi connectivity index (χ1) is 40.5. The zero-order valence-corrected chi connectivity index (χ0v) is 53.5. The topological polar surface area (TPSA) is 78.9 Å². The van der Waals surface area contributed by atoms with Gasteiger partial charge in [-0.2, -0.15) is 0 Å². The van der Waals surface area contributed by atoms with E-state index in [2.05, 4.69) is 154 Å². The van der Waals surface area contributed by atoms with Gasteiger partial charge in [0.25, 0.3) is 0 Å². The van der Waals surface area contributed by atoms with Gasteiger partial charge in [-0.25, -0.2) is 0 Å². The molecule has 466 valence electrons. The van der Waals surface area contributed by atoms with Crippen LogP contribution in [0.15, 0.2) is 134 Å². The fraction of sp³-hybridized carbons (Fsp3) is 0.671. The van der Waals surface area contributed by atoms with Crippen LogP contribution in [0.2, 0.25) is 0 Å². The van der Waals surface area contributed by atoms with E-state index in [0.717, 1.165) is 141 Å². The van der Waals surface area contributed by atoms with E-state index in [0.29, 0.717) is 19.3 Å². The molecule has 6 heteroatoms. The largest absolute Gasteiger partial charge is 0.462 e. The summed E-state index contributed by atoms with van der Waals surface area (Å²) in [5.41, 5.74) is 0. The third kappa shape index (κ3) is 66.4. The summed E-state index contributed by atoms with van der Waals surface area (Å²) in [5.74, 6) is -0.891. The molecule has 0 saturated carbocycles. The average molecular weight is 1140 g/mol. The number of esters is 3. The van der Waals surface area contributed by atoms with Crippen LogP contribution in [-0.4, -0.2) is 37.2 Å². The second-order valence-electron chi connectivity index (χ2n) is 22.3. The minimum atomic E-state index is -0.788. The Hall–Kier alpha value is -4.45. The lowest BCUT2D eigenvalue weighted by atomic mass is 10.0. The second-order valence-corrected chi connectivity index (χ2v) is 22.3. The fourth-order valence-electron chi connectivity index (χ4n) is 9.36. The van der Waals surface area contributed by atoms with Crippen molar-refractivity contribution in [1.82, 2.24) is 0 Å². The van der Waals surface area contributed by atoms with Crippen LogP contribution in [0.3, 0.4) is 0 Å². The second kappa shape index (κ2) is 69.0. The maximum Gasteiger partial charge on any atom is 0.306 e. The smallest absolute Gasteiger partial charge is 0.306 e. The third-order valence-corrected chi connectivity index (χ3v) is 14.4. The van der Waals surface area contributed by atoms with Crippen molar-refractivity contribution in [3.8, 4) is 0 Å². The molecule has 0 N–H and O–H groups in total. The molecule has 1 atom stereocenters. The van der Waals surface area contributed by atoms with Crippen LogP contribution in [-0.2, 0) is 28.6 Å².